The van der Waals surface area contributed by atoms with Gasteiger partial charge >= 0.3 is 12.1 Å². The van der Waals surface area contributed by atoms with Crippen LogP contribution in [-0.4, -0.2) is 55.5 Å². The van der Waals surface area contributed by atoms with Crippen LogP contribution in [0.3, 0.4) is 0 Å². The first kappa shape index (κ1) is 24.7. The Labute approximate surface area is 205 Å². The molecule has 3 unspecified atom stereocenters. The molecule has 3 atom stereocenters. The first-order valence-corrected chi connectivity index (χ1v) is 12.1. The molecule has 0 bridgehead atoms. The Bertz CT molecular complexity index is 1030. The van der Waals surface area contributed by atoms with Gasteiger partial charge in [0.25, 0.3) is 0 Å². The van der Waals surface area contributed by atoms with Crippen molar-refractivity contribution in [1.82, 2.24) is 10.6 Å². The van der Waals surface area contributed by atoms with E-state index in [2.05, 4.69) is 34.9 Å². The van der Waals surface area contributed by atoms with Crippen LogP contribution in [0, 0.1) is 11.8 Å². The fourth-order valence-corrected chi connectivity index (χ4v) is 4.86. The molecule has 1 heterocycles. The standard InChI is InChI=1S/C27H32N2O6/c1-17(12-25(30)31)10-11-28-26(32)18-13-19(34-15-18)14-29-27(33)35-16-24-22-8-4-2-6-20(22)21-7-3-5-9-23(21)24/h2-9,17-19,24H,10-16H2,1H3,(H,28,32)(H,29,33)(H,30,31). The number of fused-ring (bicyclic) bond motifs is 3. The molecule has 4 rings (SSSR count). The SMILES string of the molecule is CC(CCNC(=O)C1COC(CNC(=O)OCC2c3ccccc3-c3ccccc32)C1)CC(=O)O. The van der Waals surface area contributed by atoms with Crippen LogP contribution < -0.4 is 10.6 Å². The lowest BCUT2D eigenvalue weighted by molar-refractivity contribution is -0.138. The molecule has 186 valence electrons. The molecule has 3 N–H and O–H groups in total. The van der Waals surface area contributed by atoms with Gasteiger partial charge in [-0.1, -0.05) is 55.5 Å². The monoisotopic (exact) mass is 480 g/mol. The Morgan fingerprint density at radius 1 is 1.06 bits per heavy atom. The Kier molecular flexibility index (Phi) is 8.02. The van der Waals surface area contributed by atoms with Gasteiger partial charge in [0.05, 0.1) is 18.6 Å². The van der Waals surface area contributed by atoms with Gasteiger partial charge in [-0.05, 0) is 41.0 Å². The lowest BCUT2D eigenvalue weighted by Gasteiger charge is -2.16. The molecule has 1 fully saturated rings. The van der Waals surface area contributed by atoms with E-state index in [0.29, 0.717) is 26.0 Å². The van der Waals surface area contributed by atoms with Gasteiger partial charge in [0.15, 0.2) is 0 Å². The number of benzene rings is 2. The summed E-state index contributed by atoms with van der Waals surface area (Å²) in [5.41, 5.74) is 4.67. The summed E-state index contributed by atoms with van der Waals surface area (Å²) in [6.07, 6.45) is 0.456. The molecule has 1 aliphatic heterocycles. The normalized spacial score (nSPS) is 19.5. The molecule has 0 aromatic heterocycles. The second kappa shape index (κ2) is 11.4. The zero-order chi connectivity index (χ0) is 24.8. The average Bonchev–Trinajstić information content (AvgIpc) is 3.44. The smallest absolute Gasteiger partial charge is 0.407 e. The van der Waals surface area contributed by atoms with Crippen LogP contribution in [0.5, 0.6) is 0 Å². The summed E-state index contributed by atoms with van der Waals surface area (Å²) in [6.45, 7) is 3.11. The minimum atomic E-state index is -0.834. The third-order valence-electron chi connectivity index (χ3n) is 6.73. The van der Waals surface area contributed by atoms with E-state index in [4.69, 9.17) is 14.6 Å². The quantitative estimate of drug-likeness (QED) is 0.479. The van der Waals surface area contributed by atoms with Gasteiger partial charge in [-0.3, -0.25) is 9.59 Å². The molecule has 0 saturated carbocycles. The molecule has 1 aliphatic carbocycles. The minimum Gasteiger partial charge on any atom is -0.481 e. The van der Waals surface area contributed by atoms with E-state index < -0.39 is 12.1 Å². The molecule has 35 heavy (non-hydrogen) atoms. The Balaban J connectivity index is 1.18. The van der Waals surface area contributed by atoms with Crippen molar-refractivity contribution in [2.24, 2.45) is 11.8 Å². The molecular weight excluding hydrogens is 448 g/mol. The van der Waals surface area contributed by atoms with E-state index in [1.54, 1.807) is 0 Å². The number of carbonyl (C=O) groups excluding carboxylic acids is 2. The van der Waals surface area contributed by atoms with Gasteiger partial charge in [-0.15, -0.1) is 0 Å². The fraction of sp³-hybridized carbons (Fsp3) is 0.444. The van der Waals surface area contributed by atoms with Crippen molar-refractivity contribution >= 4 is 18.0 Å². The number of rotatable bonds is 10. The van der Waals surface area contributed by atoms with E-state index in [1.165, 1.54) is 11.1 Å². The number of alkyl carbamates (subject to hydrolysis) is 1. The summed E-state index contributed by atoms with van der Waals surface area (Å²) in [5, 5.41) is 14.4. The highest BCUT2D eigenvalue weighted by Gasteiger charge is 2.32. The maximum atomic E-state index is 12.4. The van der Waals surface area contributed by atoms with Crippen molar-refractivity contribution in [3.8, 4) is 11.1 Å². The number of carboxylic acid groups (broad SMARTS) is 1. The molecule has 2 aliphatic rings. The number of amides is 2. The van der Waals surface area contributed by atoms with Gasteiger partial charge in [0.1, 0.15) is 6.61 Å². The van der Waals surface area contributed by atoms with E-state index in [0.717, 1.165) is 11.1 Å². The van der Waals surface area contributed by atoms with Crippen molar-refractivity contribution in [3.63, 3.8) is 0 Å². The van der Waals surface area contributed by atoms with Crippen molar-refractivity contribution in [2.75, 3.05) is 26.3 Å². The molecule has 2 aromatic carbocycles. The van der Waals surface area contributed by atoms with Crippen LogP contribution in [-0.2, 0) is 19.1 Å². The molecule has 8 nitrogen and oxygen atoms in total. The fourth-order valence-electron chi connectivity index (χ4n) is 4.86. The number of hydrogen-bond acceptors (Lipinski definition) is 5. The highest BCUT2D eigenvalue weighted by molar-refractivity contribution is 5.79. The highest BCUT2D eigenvalue weighted by Crippen LogP contribution is 2.44. The number of carbonyl (C=O) groups is 3. The van der Waals surface area contributed by atoms with Gasteiger partial charge in [0, 0.05) is 25.4 Å². The molecule has 0 spiro atoms. The highest BCUT2D eigenvalue weighted by atomic mass is 16.5. The Morgan fingerprint density at radius 3 is 2.37 bits per heavy atom. The zero-order valence-electron chi connectivity index (χ0n) is 19.9. The molecule has 0 radical (unpaired) electrons. The topological polar surface area (TPSA) is 114 Å². The predicted octanol–water partition coefficient (Wildman–Crippen LogP) is 3.55. The van der Waals surface area contributed by atoms with Gasteiger partial charge in [0.2, 0.25) is 5.91 Å². The van der Waals surface area contributed by atoms with Crippen LogP contribution in [0.15, 0.2) is 48.5 Å². The summed E-state index contributed by atoms with van der Waals surface area (Å²) in [4.78, 5) is 35.5. The van der Waals surface area contributed by atoms with Crippen LogP contribution in [0.2, 0.25) is 0 Å². The van der Waals surface area contributed by atoms with Gasteiger partial charge in [-0.2, -0.15) is 0 Å². The molecular formula is C27H32N2O6. The number of hydrogen-bond donors (Lipinski definition) is 3. The number of aliphatic carboxylic acids is 1. The molecule has 2 aromatic rings. The van der Waals surface area contributed by atoms with Crippen molar-refractivity contribution in [3.05, 3.63) is 59.7 Å². The first-order valence-electron chi connectivity index (χ1n) is 12.1. The summed E-state index contributed by atoms with van der Waals surface area (Å²) >= 11 is 0. The zero-order valence-corrected chi connectivity index (χ0v) is 19.9. The van der Waals surface area contributed by atoms with E-state index in [-0.39, 0.29) is 49.3 Å². The molecule has 2 amide bonds. The van der Waals surface area contributed by atoms with Gasteiger partial charge in [-0.25, -0.2) is 4.79 Å². The third-order valence-corrected chi connectivity index (χ3v) is 6.73. The van der Waals surface area contributed by atoms with Crippen LogP contribution in [0.1, 0.15) is 43.2 Å². The van der Waals surface area contributed by atoms with Crippen molar-refractivity contribution in [1.29, 1.82) is 0 Å². The minimum absolute atomic E-state index is 0.00165. The Hall–Kier alpha value is -3.39. The summed E-state index contributed by atoms with van der Waals surface area (Å²) in [7, 11) is 0. The van der Waals surface area contributed by atoms with Crippen LogP contribution in [0.25, 0.3) is 11.1 Å². The lowest BCUT2D eigenvalue weighted by atomic mass is 9.98. The maximum Gasteiger partial charge on any atom is 0.407 e. The second-order valence-corrected chi connectivity index (χ2v) is 9.38. The van der Waals surface area contributed by atoms with Crippen molar-refractivity contribution in [2.45, 2.75) is 38.2 Å². The second-order valence-electron chi connectivity index (χ2n) is 9.38. The average molecular weight is 481 g/mol. The largest absolute Gasteiger partial charge is 0.481 e. The van der Waals surface area contributed by atoms with Crippen LogP contribution in [0.4, 0.5) is 4.79 Å². The molecule has 8 heteroatoms. The number of nitrogens with one attached hydrogen (secondary N) is 2. The summed E-state index contributed by atoms with van der Waals surface area (Å²) in [5.74, 6) is -1.21. The Morgan fingerprint density at radius 2 is 1.71 bits per heavy atom. The third kappa shape index (κ3) is 6.19. The number of ether oxygens (including phenoxy) is 2. The van der Waals surface area contributed by atoms with Crippen LogP contribution >= 0.6 is 0 Å². The maximum absolute atomic E-state index is 12.4. The predicted molar refractivity (Wildman–Crippen MR) is 130 cm³/mol. The summed E-state index contributed by atoms with van der Waals surface area (Å²) in [6, 6.07) is 16.4. The van der Waals surface area contributed by atoms with E-state index in [9.17, 15) is 14.4 Å². The van der Waals surface area contributed by atoms with E-state index in [1.807, 2.05) is 31.2 Å². The number of carboxylic acids is 1. The first-order chi connectivity index (χ1) is 16.9. The van der Waals surface area contributed by atoms with E-state index >= 15 is 0 Å². The van der Waals surface area contributed by atoms with Crippen molar-refractivity contribution < 1.29 is 29.0 Å². The molecule has 1 saturated heterocycles. The van der Waals surface area contributed by atoms with Gasteiger partial charge < -0.3 is 25.2 Å². The lowest BCUT2D eigenvalue weighted by Crippen LogP contribution is -2.34. The summed E-state index contributed by atoms with van der Waals surface area (Å²) < 4.78 is 11.2.